The zero-order chi connectivity index (χ0) is 15.0. The van der Waals surface area contributed by atoms with Crippen LogP contribution >= 0.6 is 0 Å². The molecule has 0 radical (unpaired) electrons. The van der Waals surface area contributed by atoms with Gasteiger partial charge in [0.05, 0.1) is 19.8 Å². The van der Waals surface area contributed by atoms with Crippen LogP contribution in [0.15, 0.2) is 60.7 Å². The molecule has 3 rings (SSSR count). The number of hydrogen-bond acceptors (Lipinski definition) is 3. The second kappa shape index (κ2) is 7.65. The monoisotopic (exact) mass is 294 g/mol. The quantitative estimate of drug-likeness (QED) is 0.606. The lowest BCUT2D eigenvalue weighted by atomic mass is 10.2. The minimum atomic E-state index is -0.304. The lowest BCUT2D eigenvalue weighted by molar-refractivity contribution is 0.0650. The molecule has 3 heteroatoms. The van der Waals surface area contributed by atoms with E-state index in [0.29, 0.717) is 13.2 Å². The average Bonchev–Trinajstić information content (AvgIpc) is 3.39. The van der Waals surface area contributed by atoms with Crippen molar-refractivity contribution in [2.45, 2.75) is 12.2 Å². The zero-order valence-corrected chi connectivity index (χ0v) is 12.3. The fraction of sp³-hybridized carbons (Fsp3) is 0.263. The van der Waals surface area contributed by atoms with E-state index in [4.69, 9.17) is 14.2 Å². The molecule has 112 valence electrons. The van der Waals surface area contributed by atoms with Gasteiger partial charge in [0, 0.05) is 5.56 Å². The van der Waals surface area contributed by atoms with Gasteiger partial charge in [-0.2, -0.15) is 0 Å². The lowest BCUT2D eigenvalue weighted by Gasteiger charge is -2.14. The van der Waals surface area contributed by atoms with Gasteiger partial charge < -0.3 is 14.2 Å². The average molecular weight is 294 g/mol. The molecule has 22 heavy (non-hydrogen) atoms. The van der Waals surface area contributed by atoms with Crippen LogP contribution in [0.3, 0.4) is 0 Å². The number of para-hydroxylation sites is 1. The predicted molar refractivity (Wildman–Crippen MR) is 84.7 cm³/mol. The molecule has 1 aliphatic rings. The maximum absolute atomic E-state index is 5.90. The van der Waals surface area contributed by atoms with Crippen molar-refractivity contribution in [2.75, 3.05) is 19.8 Å². The smallest absolute Gasteiger partial charge is 0.182 e. The van der Waals surface area contributed by atoms with Gasteiger partial charge in [0.1, 0.15) is 11.9 Å². The molecule has 1 fully saturated rings. The van der Waals surface area contributed by atoms with Crippen LogP contribution in [0.2, 0.25) is 0 Å². The topological polar surface area (TPSA) is 31.0 Å². The van der Waals surface area contributed by atoms with Crippen molar-refractivity contribution in [2.24, 2.45) is 0 Å². The Balaban J connectivity index is 1.63. The summed E-state index contributed by atoms with van der Waals surface area (Å²) >= 11 is 0. The molecule has 1 aliphatic heterocycles. The number of rotatable bonds is 6. The largest absolute Gasteiger partial charge is 0.475 e. The lowest BCUT2D eigenvalue weighted by Crippen LogP contribution is -2.22. The van der Waals surface area contributed by atoms with Crippen LogP contribution in [0.5, 0.6) is 5.75 Å². The molecule has 2 aromatic carbocycles. The molecule has 1 heterocycles. The highest BCUT2D eigenvalue weighted by Gasteiger charge is 2.23. The van der Waals surface area contributed by atoms with Crippen molar-refractivity contribution in [1.29, 1.82) is 0 Å². The standard InChI is InChI=1S/C19H18O3/c1-3-7-16(8-4-1)11-12-18(13-20-14-19-15-21-19)22-17-9-5-2-6-10-17/h1-10,18-19H,13-15H2. The number of epoxide rings is 1. The summed E-state index contributed by atoms with van der Waals surface area (Å²) in [5.74, 6) is 7.07. The Morgan fingerprint density at radius 3 is 2.41 bits per heavy atom. The first-order valence-corrected chi connectivity index (χ1v) is 7.38. The Hall–Kier alpha value is -2.28. The van der Waals surface area contributed by atoms with Gasteiger partial charge in [-0.1, -0.05) is 48.2 Å². The first kappa shape index (κ1) is 14.6. The maximum Gasteiger partial charge on any atom is 0.182 e. The van der Waals surface area contributed by atoms with E-state index < -0.39 is 0 Å². The first-order chi connectivity index (χ1) is 10.9. The predicted octanol–water partition coefficient (Wildman–Crippen LogP) is 2.90. The number of ether oxygens (including phenoxy) is 3. The van der Waals surface area contributed by atoms with Crippen LogP contribution in [0.25, 0.3) is 0 Å². The molecule has 2 aromatic rings. The normalized spacial score (nSPS) is 17.2. The summed E-state index contributed by atoms with van der Waals surface area (Å²) in [6.45, 7) is 1.82. The van der Waals surface area contributed by atoms with Crippen LogP contribution in [-0.2, 0) is 9.47 Å². The highest BCUT2D eigenvalue weighted by molar-refractivity contribution is 5.35. The molecule has 2 unspecified atom stereocenters. The number of benzene rings is 2. The molecule has 0 N–H and O–H groups in total. The Bertz CT molecular complexity index is 624. The summed E-state index contributed by atoms with van der Waals surface area (Å²) in [7, 11) is 0. The first-order valence-electron chi connectivity index (χ1n) is 7.38. The molecule has 0 amide bonds. The van der Waals surface area contributed by atoms with Crippen molar-refractivity contribution in [3.63, 3.8) is 0 Å². The van der Waals surface area contributed by atoms with Gasteiger partial charge in [-0.3, -0.25) is 0 Å². The van der Waals surface area contributed by atoms with Crippen LogP contribution in [0.4, 0.5) is 0 Å². The number of hydrogen-bond donors (Lipinski definition) is 0. The van der Waals surface area contributed by atoms with E-state index in [1.807, 2.05) is 60.7 Å². The summed E-state index contributed by atoms with van der Waals surface area (Å²) in [5.41, 5.74) is 0.967. The van der Waals surface area contributed by atoms with Crippen LogP contribution < -0.4 is 4.74 Å². The molecular formula is C19H18O3. The van der Waals surface area contributed by atoms with E-state index in [2.05, 4.69) is 11.8 Å². The van der Waals surface area contributed by atoms with Gasteiger partial charge in [-0.25, -0.2) is 0 Å². The molecule has 1 saturated heterocycles. The Morgan fingerprint density at radius 2 is 1.73 bits per heavy atom. The Kier molecular flexibility index (Phi) is 5.09. The maximum atomic E-state index is 5.90. The molecule has 0 aromatic heterocycles. The summed E-state index contributed by atoms with van der Waals surface area (Å²) in [4.78, 5) is 0. The third-order valence-electron chi connectivity index (χ3n) is 3.15. The molecule has 0 spiro atoms. The fourth-order valence-corrected chi connectivity index (χ4v) is 1.92. The van der Waals surface area contributed by atoms with Crippen LogP contribution in [0.1, 0.15) is 5.56 Å². The molecule has 0 bridgehead atoms. The third kappa shape index (κ3) is 4.92. The van der Waals surface area contributed by atoms with Crippen LogP contribution in [0, 0.1) is 11.8 Å². The van der Waals surface area contributed by atoms with Gasteiger partial charge >= 0.3 is 0 Å². The van der Waals surface area contributed by atoms with E-state index in [1.54, 1.807) is 0 Å². The molecule has 2 atom stereocenters. The minimum Gasteiger partial charge on any atom is -0.475 e. The van der Waals surface area contributed by atoms with Gasteiger partial charge in [-0.05, 0) is 24.3 Å². The van der Waals surface area contributed by atoms with E-state index in [0.717, 1.165) is 17.9 Å². The zero-order valence-electron chi connectivity index (χ0n) is 12.3. The SMILES string of the molecule is C(#CC(COCC1CO1)Oc1ccccc1)c1ccccc1. The summed E-state index contributed by atoms with van der Waals surface area (Å²) in [6.07, 6.45) is -0.0548. The van der Waals surface area contributed by atoms with Crippen molar-refractivity contribution >= 4 is 0 Å². The fourth-order valence-electron chi connectivity index (χ4n) is 1.92. The Morgan fingerprint density at radius 1 is 1.05 bits per heavy atom. The second-order valence-corrected chi connectivity index (χ2v) is 5.05. The molecule has 0 saturated carbocycles. The van der Waals surface area contributed by atoms with Gasteiger partial charge in [0.25, 0.3) is 0 Å². The Labute approximate surface area is 130 Å². The van der Waals surface area contributed by atoms with Gasteiger partial charge in [-0.15, -0.1) is 0 Å². The summed E-state index contributed by atoms with van der Waals surface area (Å²) < 4.78 is 16.7. The van der Waals surface area contributed by atoms with Gasteiger partial charge in [0.15, 0.2) is 6.10 Å². The van der Waals surface area contributed by atoms with E-state index >= 15 is 0 Å². The van der Waals surface area contributed by atoms with E-state index in [1.165, 1.54) is 0 Å². The van der Waals surface area contributed by atoms with Crippen molar-refractivity contribution in [3.05, 3.63) is 66.2 Å². The van der Waals surface area contributed by atoms with E-state index in [-0.39, 0.29) is 12.2 Å². The van der Waals surface area contributed by atoms with E-state index in [9.17, 15) is 0 Å². The molecule has 3 nitrogen and oxygen atoms in total. The highest BCUT2D eigenvalue weighted by atomic mass is 16.6. The van der Waals surface area contributed by atoms with Crippen molar-refractivity contribution < 1.29 is 14.2 Å². The summed E-state index contributed by atoms with van der Waals surface area (Å²) in [6, 6.07) is 19.5. The summed E-state index contributed by atoms with van der Waals surface area (Å²) in [5, 5.41) is 0. The van der Waals surface area contributed by atoms with Gasteiger partial charge in [0.2, 0.25) is 0 Å². The minimum absolute atomic E-state index is 0.249. The van der Waals surface area contributed by atoms with Crippen LogP contribution in [-0.4, -0.2) is 32.0 Å². The van der Waals surface area contributed by atoms with Crippen molar-refractivity contribution in [3.8, 4) is 17.6 Å². The molecular weight excluding hydrogens is 276 g/mol. The highest BCUT2D eigenvalue weighted by Crippen LogP contribution is 2.12. The van der Waals surface area contributed by atoms with Crippen molar-refractivity contribution in [1.82, 2.24) is 0 Å². The molecule has 0 aliphatic carbocycles. The third-order valence-corrected chi connectivity index (χ3v) is 3.15. The second-order valence-electron chi connectivity index (χ2n) is 5.05.